The number of halogens is 1. The molecule has 1 amide bonds. The van der Waals surface area contributed by atoms with Gasteiger partial charge in [0.1, 0.15) is 5.82 Å². The molecule has 5 nitrogen and oxygen atoms in total. The van der Waals surface area contributed by atoms with Crippen molar-refractivity contribution in [1.29, 1.82) is 0 Å². The van der Waals surface area contributed by atoms with Gasteiger partial charge in [0, 0.05) is 27.5 Å². The van der Waals surface area contributed by atoms with Gasteiger partial charge in [-0.25, -0.2) is 4.39 Å². The van der Waals surface area contributed by atoms with Gasteiger partial charge in [-0.15, -0.1) is 0 Å². The number of carbonyl (C=O) groups is 3. The lowest BCUT2D eigenvalue weighted by molar-refractivity contribution is -0.143. The zero-order valence-electron chi connectivity index (χ0n) is 16.5. The molecule has 31 heavy (non-hydrogen) atoms. The first kappa shape index (κ1) is 22.2. The third-order valence-corrected chi connectivity index (χ3v) is 5.22. The Morgan fingerprint density at radius 2 is 1.45 bits per heavy atom. The van der Waals surface area contributed by atoms with E-state index in [9.17, 15) is 18.8 Å². The van der Waals surface area contributed by atoms with Crippen LogP contribution in [0.1, 0.15) is 23.2 Å². The second-order valence-corrected chi connectivity index (χ2v) is 7.73. The molecule has 0 saturated heterocycles. The fraction of sp³-hybridized carbons (Fsp3) is 0.125. The highest BCUT2D eigenvalue weighted by atomic mass is 32.2. The first-order valence-electron chi connectivity index (χ1n) is 9.57. The van der Waals surface area contributed by atoms with E-state index in [1.54, 1.807) is 23.9 Å². The summed E-state index contributed by atoms with van der Waals surface area (Å²) in [6.07, 6.45) is -0.214. The second-order valence-electron chi connectivity index (χ2n) is 6.58. The standard InChI is InChI=1S/C24H20FNO4S/c25-18-8-6-17(7-9-18)22(27)16-30-24(29)15-14-23(28)26-19-10-12-21(13-11-19)31-20-4-2-1-3-5-20/h1-13H,14-16H2,(H,26,28). The van der Waals surface area contributed by atoms with Crippen LogP contribution < -0.4 is 5.32 Å². The number of rotatable bonds is 9. The Labute approximate surface area is 183 Å². The van der Waals surface area contributed by atoms with Crippen LogP contribution in [-0.2, 0) is 14.3 Å². The Kier molecular flexibility index (Phi) is 7.95. The predicted octanol–water partition coefficient (Wildman–Crippen LogP) is 5.12. The molecule has 3 aromatic carbocycles. The van der Waals surface area contributed by atoms with E-state index in [1.807, 2.05) is 42.5 Å². The smallest absolute Gasteiger partial charge is 0.306 e. The summed E-state index contributed by atoms with van der Waals surface area (Å²) in [6.45, 7) is -0.452. The summed E-state index contributed by atoms with van der Waals surface area (Å²) >= 11 is 1.62. The second kappa shape index (κ2) is 11.1. The van der Waals surface area contributed by atoms with Crippen molar-refractivity contribution in [3.05, 3.63) is 90.2 Å². The summed E-state index contributed by atoms with van der Waals surface area (Å²) in [5, 5.41) is 2.73. The van der Waals surface area contributed by atoms with Crippen molar-refractivity contribution in [3.63, 3.8) is 0 Å². The number of nitrogens with one attached hydrogen (secondary N) is 1. The molecule has 158 valence electrons. The van der Waals surface area contributed by atoms with Gasteiger partial charge in [0.25, 0.3) is 0 Å². The maximum absolute atomic E-state index is 12.9. The molecule has 0 spiro atoms. The molecule has 0 aliphatic rings. The monoisotopic (exact) mass is 437 g/mol. The zero-order chi connectivity index (χ0) is 22.1. The highest BCUT2D eigenvalue weighted by Gasteiger charge is 2.12. The number of benzene rings is 3. The molecular formula is C24H20FNO4S. The third kappa shape index (κ3) is 7.38. The number of amides is 1. The maximum atomic E-state index is 12.9. The van der Waals surface area contributed by atoms with E-state index in [1.165, 1.54) is 12.1 Å². The molecule has 7 heteroatoms. The molecule has 0 fully saturated rings. The Morgan fingerprint density at radius 3 is 2.13 bits per heavy atom. The third-order valence-electron chi connectivity index (χ3n) is 4.20. The van der Waals surface area contributed by atoms with Crippen LogP contribution >= 0.6 is 11.8 Å². The van der Waals surface area contributed by atoms with Gasteiger partial charge in [-0.1, -0.05) is 30.0 Å². The summed E-state index contributed by atoms with van der Waals surface area (Å²) in [5.74, 6) is -1.87. The van der Waals surface area contributed by atoms with Gasteiger partial charge in [0.2, 0.25) is 5.91 Å². The van der Waals surface area contributed by atoms with E-state index in [2.05, 4.69) is 5.32 Å². The van der Waals surface area contributed by atoms with E-state index in [-0.39, 0.29) is 24.3 Å². The Hall–Kier alpha value is -3.45. The number of carbonyl (C=O) groups excluding carboxylic acids is 3. The largest absolute Gasteiger partial charge is 0.457 e. The SMILES string of the molecule is O=C(CCC(=O)OCC(=O)c1ccc(F)cc1)Nc1ccc(Sc2ccccc2)cc1. The van der Waals surface area contributed by atoms with Gasteiger partial charge in [0.05, 0.1) is 6.42 Å². The number of hydrogen-bond donors (Lipinski definition) is 1. The number of esters is 1. The summed E-state index contributed by atoms with van der Waals surface area (Å²) in [5.41, 5.74) is 0.878. The molecule has 0 aliphatic carbocycles. The lowest BCUT2D eigenvalue weighted by Crippen LogP contribution is -2.17. The van der Waals surface area contributed by atoms with Crippen molar-refractivity contribution in [3.8, 4) is 0 Å². The Bertz CT molecular complexity index is 1040. The van der Waals surface area contributed by atoms with Crippen LogP contribution in [0.2, 0.25) is 0 Å². The first-order valence-corrected chi connectivity index (χ1v) is 10.4. The number of ether oxygens (including phenoxy) is 1. The number of hydrogen-bond acceptors (Lipinski definition) is 5. The van der Waals surface area contributed by atoms with Crippen LogP contribution in [0.4, 0.5) is 10.1 Å². The van der Waals surface area contributed by atoms with Gasteiger partial charge >= 0.3 is 5.97 Å². The molecule has 0 unspecified atom stereocenters. The molecule has 0 atom stereocenters. The Balaban J connectivity index is 1.38. The van der Waals surface area contributed by atoms with Crippen LogP contribution in [0.15, 0.2) is 88.7 Å². The van der Waals surface area contributed by atoms with Gasteiger partial charge in [-0.3, -0.25) is 14.4 Å². The molecule has 3 rings (SSSR count). The van der Waals surface area contributed by atoms with Crippen LogP contribution in [0.25, 0.3) is 0 Å². The van der Waals surface area contributed by atoms with Gasteiger partial charge in [-0.2, -0.15) is 0 Å². The average molecular weight is 437 g/mol. The summed E-state index contributed by atoms with van der Waals surface area (Å²) in [4.78, 5) is 37.9. The summed E-state index contributed by atoms with van der Waals surface area (Å²) in [7, 11) is 0. The molecule has 0 aliphatic heterocycles. The number of ketones is 1. The van der Waals surface area contributed by atoms with Gasteiger partial charge in [0.15, 0.2) is 12.4 Å². The number of Topliss-reactive ketones (excluding diaryl/α,β-unsaturated/α-hetero) is 1. The van der Waals surface area contributed by atoms with E-state index in [4.69, 9.17) is 4.74 Å². The summed E-state index contributed by atoms with van der Waals surface area (Å²) < 4.78 is 17.8. The van der Waals surface area contributed by atoms with Gasteiger partial charge < -0.3 is 10.1 Å². The van der Waals surface area contributed by atoms with E-state index in [0.29, 0.717) is 5.69 Å². The lowest BCUT2D eigenvalue weighted by atomic mass is 10.1. The molecule has 1 N–H and O–H groups in total. The van der Waals surface area contributed by atoms with E-state index in [0.717, 1.165) is 21.9 Å². The van der Waals surface area contributed by atoms with E-state index >= 15 is 0 Å². The number of anilines is 1. The van der Waals surface area contributed by atoms with Crippen LogP contribution in [0.3, 0.4) is 0 Å². The van der Waals surface area contributed by atoms with Crippen LogP contribution in [0, 0.1) is 5.82 Å². The van der Waals surface area contributed by atoms with Gasteiger partial charge in [-0.05, 0) is 60.7 Å². The molecule has 0 aromatic heterocycles. The van der Waals surface area contributed by atoms with Crippen LogP contribution in [-0.4, -0.2) is 24.3 Å². The first-order chi connectivity index (χ1) is 15.0. The normalized spacial score (nSPS) is 10.4. The summed E-state index contributed by atoms with van der Waals surface area (Å²) in [6, 6.07) is 22.3. The van der Waals surface area contributed by atoms with Crippen molar-refractivity contribution in [2.75, 3.05) is 11.9 Å². The fourth-order valence-corrected chi connectivity index (χ4v) is 3.44. The average Bonchev–Trinajstić information content (AvgIpc) is 2.78. The van der Waals surface area contributed by atoms with Crippen LogP contribution in [0.5, 0.6) is 0 Å². The predicted molar refractivity (Wildman–Crippen MR) is 117 cm³/mol. The van der Waals surface area contributed by atoms with Crippen molar-refractivity contribution in [2.24, 2.45) is 0 Å². The van der Waals surface area contributed by atoms with E-state index < -0.39 is 24.2 Å². The minimum Gasteiger partial charge on any atom is -0.457 e. The molecule has 0 bridgehead atoms. The van der Waals surface area contributed by atoms with Crippen molar-refractivity contribution in [1.82, 2.24) is 0 Å². The molecule has 0 saturated carbocycles. The minimum atomic E-state index is -0.653. The molecule has 3 aromatic rings. The fourth-order valence-electron chi connectivity index (χ4n) is 2.61. The minimum absolute atomic E-state index is 0.0654. The highest BCUT2D eigenvalue weighted by molar-refractivity contribution is 7.99. The highest BCUT2D eigenvalue weighted by Crippen LogP contribution is 2.28. The quantitative estimate of drug-likeness (QED) is 0.372. The zero-order valence-corrected chi connectivity index (χ0v) is 17.4. The topological polar surface area (TPSA) is 72.5 Å². The molecule has 0 heterocycles. The van der Waals surface area contributed by atoms with Crippen molar-refractivity contribution < 1.29 is 23.5 Å². The van der Waals surface area contributed by atoms with Crippen molar-refractivity contribution in [2.45, 2.75) is 22.6 Å². The lowest BCUT2D eigenvalue weighted by Gasteiger charge is -2.07. The molecular weight excluding hydrogens is 417 g/mol. The molecule has 0 radical (unpaired) electrons. The van der Waals surface area contributed by atoms with Crippen molar-refractivity contribution >= 4 is 35.1 Å². The Morgan fingerprint density at radius 1 is 0.806 bits per heavy atom. The maximum Gasteiger partial charge on any atom is 0.306 e.